The Morgan fingerprint density at radius 2 is 1.23 bits per heavy atom. The molecule has 0 radical (unpaired) electrons. The summed E-state index contributed by atoms with van der Waals surface area (Å²) < 4.78 is 0. The predicted molar refractivity (Wildman–Crippen MR) is 94.3 cm³/mol. The average Bonchev–Trinajstić information content (AvgIpc) is 2.73. The van der Waals surface area contributed by atoms with Gasteiger partial charge in [0.15, 0.2) is 0 Å². The van der Waals surface area contributed by atoms with Crippen LogP contribution < -0.4 is 0 Å². The van der Waals surface area contributed by atoms with Crippen LogP contribution in [0.15, 0.2) is 60.7 Å². The van der Waals surface area contributed by atoms with E-state index in [9.17, 15) is 0 Å². The van der Waals surface area contributed by atoms with Crippen molar-refractivity contribution in [1.29, 1.82) is 0 Å². The second-order valence-corrected chi connectivity index (χ2v) is 6.70. The molecule has 2 aromatic rings. The smallest absolute Gasteiger partial charge is 0.0575 e. The number of benzene rings is 2. The molecular formula is C22H22. The molecule has 0 aliphatic heterocycles. The van der Waals surface area contributed by atoms with Crippen LogP contribution in [0.5, 0.6) is 0 Å². The fourth-order valence-corrected chi connectivity index (χ4v) is 3.92. The van der Waals surface area contributed by atoms with Crippen LogP contribution >= 0.6 is 0 Å². The Balaban J connectivity index is 2.07. The normalized spacial score (nSPS) is 20.8. The van der Waals surface area contributed by atoms with Crippen LogP contribution in [-0.2, 0) is 5.41 Å². The minimum atomic E-state index is -0.0663. The van der Waals surface area contributed by atoms with Crippen LogP contribution in [0, 0.1) is 13.8 Å². The third-order valence-corrected chi connectivity index (χ3v) is 5.03. The van der Waals surface area contributed by atoms with Gasteiger partial charge in [0.25, 0.3) is 0 Å². The maximum Gasteiger partial charge on any atom is 0.0575 e. The number of fused-ring (bicyclic) bond motifs is 5. The molecule has 0 heteroatoms. The molecule has 2 aliphatic rings. The van der Waals surface area contributed by atoms with Crippen LogP contribution in [0.4, 0.5) is 0 Å². The van der Waals surface area contributed by atoms with E-state index in [0.29, 0.717) is 0 Å². The molecule has 0 aromatic heterocycles. The highest BCUT2D eigenvalue weighted by atomic mass is 14.4. The van der Waals surface area contributed by atoms with Gasteiger partial charge in [-0.1, -0.05) is 71.8 Å². The van der Waals surface area contributed by atoms with Crippen molar-refractivity contribution in [2.24, 2.45) is 0 Å². The van der Waals surface area contributed by atoms with E-state index in [0.717, 1.165) is 0 Å². The zero-order valence-electron chi connectivity index (χ0n) is 13.4. The second kappa shape index (κ2) is 4.98. The molecule has 4 rings (SSSR count). The van der Waals surface area contributed by atoms with Gasteiger partial charge in [0, 0.05) is 0 Å². The summed E-state index contributed by atoms with van der Waals surface area (Å²) in [6.07, 6.45) is 13.2. The Hall–Kier alpha value is -2.08. The lowest BCUT2D eigenvalue weighted by Gasteiger charge is -2.27. The molecule has 22 heavy (non-hydrogen) atoms. The van der Waals surface area contributed by atoms with Crippen LogP contribution in [0.3, 0.4) is 0 Å². The first kappa shape index (κ1) is 13.6. The van der Waals surface area contributed by atoms with Crippen LogP contribution in [0.25, 0.3) is 11.1 Å². The van der Waals surface area contributed by atoms with Crippen molar-refractivity contribution in [3.05, 3.63) is 83.0 Å². The first-order valence-corrected chi connectivity index (χ1v) is 8.29. The van der Waals surface area contributed by atoms with Gasteiger partial charge in [-0.25, -0.2) is 0 Å². The number of hydrogen-bond donors (Lipinski definition) is 0. The Labute approximate surface area is 133 Å². The summed E-state index contributed by atoms with van der Waals surface area (Å²) in [4.78, 5) is 0. The highest BCUT2D eigenvalue weighted by Crippen LogP contribution is 2.51. The molecule has 2 aromatic carbocycles. The molecule has 0 unspecified atom stereocenters. The van der Waals surface area contributed by atoms with Gasteiger partial charge in [0.05, 0.1) is 5.41 Å². The van der Waals surface area contributed by atoms with Crippen LogP contribution in [0.1, 0.15) is 41.5 Å². The molecule has 1 spiro atoms. The standard InChI is InChI=1S/C22H22/c1-16-8-10-18-19-11-9-17(2)15-21(19)22(20(18)14-16)12-6-4-3-5-7-13-22/h6-15H,3-5H2,1-2H3/b12-6-,13-7-. The minimum absolute atomic E-state index is 0.0663. The lowest BCUT2D eigenvalue weighted by atomic mass is 9.76. The molecular weight excluding hydrogens is 264 g/mol. The largest absolute Gasteiger partial charge is 0.0870 e. The molecule has 0 fully saturated rings. The molecule has 0 heterocycles. The fourth-order valence-electron chi connectivity index (χ4n) is 3.92. The monoisotopic (exact) mass is 286 g/mol. The third-order valence-electron chi connectivity index (χ3n) is 5.03. The van der Waals surface area contributed by atoms with Crippen molar-refractivity contribution in [2.75, 3.05) is 0 Å². The quantitative estimate of drug-likeness (QED) is 0.532. The summed E-state index contributed by atoms with van der Waals surface area (Å²) in [6, 6.07) is 13.8. The Kier molecular flexibility index (Phi) is 3.07. The Morgan fingerprint density at radius 3 is 1.73 bits per heavy atom. The van der Waals surface area contributed by atoms with E-state index in [1.807, 2.05) is 0 Å². The highest BCUT2D eigenvalue weighted by molar-refractivity contribution is 5.84. The number of rotatable bonds is 0. The molecule has 0 atom stereocenters. The van der Waals surface area contributed by atoms with E-state index in [2.05, 4.69) is 74.5 Å². The van der Waals surface area contributed by atoms with Crippen molar-refractivity contribution in [3.63, 3.8) is 0 Å². The van der Waals surface area contributed by atoms with Crippen LogP contribution in [-0.4, -0.2) is 0 Å². The summed E-state index contributed by atoms with van der Waals surface area (Å²) in [7, 11) is 0. The molecule has 110 valence electrons. The van der Waals surface area contributed by atoms with Gasteiger partial charge in [0.2, 0.25) is 0 Å². The maximum absolute atomic E-state index is 2.44. The van der Waals surface area contributed by atoms with Gasteiger partial charge in [-0.15, -0.1) is 0 Å². The SMILES string of the molecule is Cc1ccc2c(c1)C1(/C=C\CCC/C=C\1)c1cc(C)ccc1-2. The number of aryl methyl sites for hydroxylation is 2. The Bertz CT molecular complexity index is 722. The van der Waals surface area contributed by atoms with Gasteiger partial charge in [-0.05, 0) is 55.4 Å². The van der Waals surface area contributed by atoms with Gasteiger partial charge < -0.3 is 0 Å². The van der Waals surface area contributed by atoms with Gasteiger partial charge in [0.1, 0.15) is 0 Å². The third kappa shape index (κ3) is 1.90. The van der Waals surface area contributed by atoms with E-state index < -0.39 is 0 Å². The van der Waals surface area contributed by atoms with E-state index >= 15 is 0 Å². The fraction of sp³-hybridized carbons (Fsp3) is 0.273. The van der Waals surface area contributed by atoms with Crippen LogP contribution in [0.2, 0.25) is 0 Å². The van der Waals surface area contributed by atoms with Gasteiger partial charge in [-0.2, -0.15) is 0 Å². The molecule has 0 nitrogen and oxygen atoms in total. The Morgan fingerprint density at radius 1 is 0.727 bits per heavy atom. The lowest BCUT2D eigenvalue weighted by Crippen LogP contribution is -2.20. The first-order chi connectivity index (χ1) is 10.7. The lowest BCUT2D eigenvalue weighted by molar-refractivity contribution is 0.781. The molecule has 0 bridgehead atoms. The summed E-state index contributed by atoms with van der Waals surface area (Å²) in [5.74, 6) is 0. The van der Waals surface area contributed by atoms with Gasteiger partial charge >= 0.3 is 0 Å². The average molecular weight is 286 g/mol. The second-order valence-electron chi connectivity index (χ2n) is 6.70. The maximum atomic E-state index is 2.44. The van der Waals surface area contributed by atoms with Crippen molar-refractivity contribution < 1.29 is 0 Å². The zero-order chi connectivity index (χ0) is 15.2. The summed E-state index contributed by atoms with van der Waals surface area (Å²) in [6.45, 7) is 4.39. The zero-order valence-corrected chi connectivity index (χ0v) is 13.4. The highest BCUT2D eigenvalue weighted by Gasteiger charge is 2.39. The van der Waals surface area contributed by atoms with E-state index in [4.69, 9.17) is 0 Å². The molecule has 0 saturated carbocycles. The van der Waals surface area contributed by atoms with Crippen molar-refractivity contribution in [2.45, 2.75) is 38.5 Å². The number of hydrogen-bond acceptors (Lipinski definition) is 0. The minimum Gasteiger partial charge on any atom is -0.0870 e. The van der Waals surface area contributed by atoms with Crippen molar-refractivity contribution in [3.8, 4) is 11.1 Å². The molecule has 2 aliphatic carbocycles. The topological polar surface area (TPSA) is 0 Å². The summed E-state index contributed by atoms with van der Waals surface area (Å²) in [5, 5.41) is 0. The summed E-state index contributed by atoms with van der Waals surface area (Å²) in [5.41, 5.74) is 8.30. The van der Waals surface area contributed by atoms with E-state index in [1.54, 1.807) is 0 Å². The summed E-state index contributed by atoms with van der Waals surface area (Å²) >= 11 is 0. The first-order valence-electron chi connectivity index (χ1n) is 8.29. The molecule has 0 N–H and O–H groups in total. The van der Waals surface area contributed by atoms with E-state index in [-0.39, 0.29) is 5.41 Å². The van der Waals surface area contributed by atoms with Crippen molar-refractivity contribution >= 4 is 0 Å². The van der Waals surface area contributed by atoms with Gasteiger partial charge in [-0.3, -0.25) is 0 Å². The predicted octanol–water partition coefficient (Wildman–Crippen LogP) is 5.87. The molecule has 0 amide bonds. The molecule has 0 saturated heterocycles. The van der Waals surface area contributed by atoms with Crippen molar-refractivity contribution in [1.82, 2.24) is 0 Å². The number of allylic oxidation sites excluding steroid dienone is 4. The van der Waals surface area contributed by atoms with E-state index in [1.165, 1.54) is 52.6 Å².